The fourth-order valence-corrected chi connectivity index (χ4v) is 1.53. The number of rotatable bonds is 3. The molecule has 1 aliphatic carbocycles. The van der Waals surface area contributed by atoms with Crippen molar-refractivity contribution in [3.8, 4) is 0 Å². The molecule has 2 N–H and O–H groups in total. The monoisotopic (exact) mass is 180 g/mol. The van der Waals surface area contributed by atoms with Crippen LogP contribution < -0.4 is 5.73 Å². The lowest BCUT2D eigenvalue weighted by Gasteiger charge is -2.16. The first-order chi connectivity index (χ1) is 6.10. The van der Waals surface area contributed by atoms with Gasteiger partial charge in [0.05, 0.1) is 5.69 Å². The molecule has 0 spiro atoms. The summed E-state index contributed by atoms with van der Waals surface area (Å²) in [5.74, 6) is 0. The average Bonchev–Trinajstić information content (AvgIpc) is 2.69. The standard InChI is InChI=1S/C9H16N4/c1-9(3-4-9)8(10)5-7-6-13(2)12-11-7/h6,8H,3-5,10H2,1-2H3. The zero-order valence-corrected chi connectivity index (χ0v) is 8.20. The normalized spacial score (nSPS) is 21.5. The molecule has 1 heterocycles. The highest BCUT2D eigenvalue weighted by atomic mass is 15.4. The predicted octanol–water partition coefficient (Wildman–Crippen LogP) is 0.485. The molecule has 0 amide bonds. The van der Waals surface area contributed by atoms with Gasteiger partial charge in [-0.1, -0.05) is 12.1 Å². The molecule has 4 nitrogen and oxygen atoms in total. The summed E-state index contributed by atoms with van der Waals surface area (Å²) in [6.45, 7) is 2.24. The number of nitrogens with two attached hydrogens (primary N) is 1. The van der Waals surface area contributed by atoms with Crippen LogP contribution in [0.25, 0.3) is 0 Å². The molecule has 1 atom stereocenters. The van der Waals surface area contributed by atoms with Gasteiger partial charge < -0.3 is 5.73 Å². The van der Waals surface area contributed by atoms with E-state index in [0.29, 0.717) is 5.41 Å². The lowest BCUT2D eigenvalue weighted by Crippen LogP contribution is -2.31. The van der Waals surface area contributed by atoms with Crippen LogP contribution in [0, 0.1) is 5.41 Å². The minimum Gasteiger partial charge on any atom is -0.327 e. The summed E-state index contributed by atoms with van der Waals surface area (Å²) in [5, 5.41) is 7.91. The van der Waals surface area contributed by atoms with Gasteiger partial charge in [-0.2, -0.15) is 0 Å². The summed E-state index contributed by atoms with van der Waals surface area (Å²) in [6.07, 6.45) is 5.30. The summed E-state index contributed by atoms with van der Waals surface area (Å²) < 4.78 is 1.72. The third kappa shape index (κ3) is 1.72. The Morgan fingerprint density at radius 2 is 2.38 bits per heavy atom. The van der Waals surface area contributed by atoms with Crippen molar-refractivity contribution in [3.63, 3.8) is 0 Å². The first kappa shape index (κ1) is 8.69. The minimum atomic E-state index is 0.240. The second kappa shape index (κ2) is 2.80. The largest absolute Gasteiger partial charge is 0.327 e. The molecular formula is C9H16N4. The first-order valence-corrected chi connectivity index (χ1v) is 4.71. The van der Waals surface area contributed by atoms with Gasteiger partial charge in [0.2, 0.25) is 0 Å². The van der Waals surface area contributed by atoms with Gasteiger partial charge >= 0.3 is 0 Å². The van der Waals surface area contributed by atoms with E-state index in [1.165, 1.54) is 12.8 Å². The maximum atomic E-state index is 6.08. The highest BCUT2D eigenvalue weighted by molar-refractivity contribution is 5.04. The van der Waals surface area contributed by atoms with Crippen LogP contribution in [0.5, 0.6) is 0 Å². The molecule has 1 aromatic rings. The van der Waals surface area contributed by atoms with Gasteiger partial charge in [0.15, 0.2) is 0 Å². The Morgan fingerprint density at radius 1 is 1.69 bits per heavy atom. The van der Waals surface area contributed by atoms with Crippen LogP contribution in [-0.2, 0) is 13.5 Å². The molecule has 1 fully saturated rings. The zero-order chi connectivity index (χ0) is 9.47. The van der Waals surface area contributed by atoms with Gasteiger partial charge in [0.1, 0.15) is 0 Å². The van der Waals surface area contributed by atoms with Crippen molar-refractivity contribution < 1.29 is 0 Å². The lowest BCUT2D eigenvalue weighted by atomic mass is 9.96. The fourth-order valence-electron chi connectivity index (χ4n) is 1.53. The Morgan fingerprint density at radius 3 is 2.85 bits per heavy atom. The first-order valence-electron chi connectivity index (χ1n) is 4.71. The highest BCUT2D eigenvalue weighted by Gasteiger charge is 2.42. The number of hydrogen-bond donors (Lipinski definition) is 1. The van der Waals surface area contributed by atoms with Gasteiger partial charge in [0, 0.05) is 25.7 Å². The summed E-state index contributed by atoms with van der Waals surface area (Å²) in [6, 6.07) is 0.240. The van der Waals surface area contributed by atoms with E-state index in [4.69, 9.17) is 5.73 Å². The van der Waals surface area contributed by atoms with Crippen molar-refractivity contribution in [2.45, 2.75) is 32.2 Å². The predicted molar refractivity (Wildman–Crippen MR) is 50.0 cm³/mol. The van der Waals surface area contributed by atoms with Gasteiger partial charge in [0.25, 0.3) is 0 Å². The van der Waals surface area contributed by atoms with Crippen LogP contribution in [0.2, 0.25) is 0 Å². The molecule has 2 rings (SSSR count). The van der Waals surface area contributed by atoms with E-state index in [1.54, 1.807) is 4.68 Å². The molecule has 13 heavy (non-hydrogen) atoms. The average molecular weight is 180 g/mol. The molecule has 1 saturated carbocycles. The van der Waals surface area contributed by atoms with E-state index >= 15 is 0 Å². The third-order valence-electron chi connectivity index (χ3n) is 3.01. The van der Waals surface area contributed by atoms with E-state index in [1.807, 2.05) is 13.2 Å². The molecule has 0 bridgehead atoms. The van der Waals surface area contributed by atoms with Crippen molar-refractivity contribution in [1.29, 1.82) is 0 Å². The van der Waals surface area contributed by atoms with E-state index in [-0.39, 0.29) is 6.04 Å². The van der Waals surface area contributed by atoms with Crippen molar-refractivity contribution >= 4 is 0 Å². The Kier molecular flexibility index (Phi) is 1.87. The number of aryl methyl sites for hydroxylation is 1. The van der Waals surface area contributed by atoms with Crippen LogP contribution in [0.3, 0.4) is 0 Å². The van der Waals surface area contributed by atoms with Crippen molar-refractivity contribution in [1.82, 2.24) is 15.0 Å². The van der Waals surface area contributed by atoms with Gasteiger partial charge in [-0.05, 0) is 18.3 Å². The van der Waals surface area contributed by atoms with Crippen molar-refractivity contribution in [3.05, 3.63) is 11.9 Å². The molecule has 1 aliphatic rings. The third-order valence-corrected chi connectivity index (χ3v) is 3.01. The van der Waals surface area contributed by atoms with Crippen LogP contribution in [-0.4, -0.2) is 21.0 Å². The quantitative estimate of drug-likeness (QED) is 0.736. The van der Waals surface area contributed by atoms with Gasteiger partial charge in [-0.3, -0.25) is 4.68 Å². The maximum Gasteiger partial charge on any atom is 0.0842 e. The zero-order valence-electron chi connectivity index (χ0n) is 8.20. The number of nitrogens with zero attached hydrogens (tertiary/aromatic N) is 3. The summed E-state index contributed by atoms with van der Waals surface area (Å²) >= 11 is 0. The minimum absolute atomic E-state index is 0.240. The van der Waals surface area contributed by atoms with Gasteiger partial charge in [-0.15, -0.1) is 5.10 Å². The molecule has 0 saturated heterocycles. The fraction of sp³-hybridized carbons (Fsp3) is 0.778. The molecule has 0 aliphatic heterocycles. The molecule has 1 unspecified atom stereocenters. The second-order valence-corrected chi connectivity index (χ2v) is 4.35. The summed E-state index contributed by atoms with van der Waals surface area (Å²) in [7, 11) is 1.88. The molecule has 72 valence electrons. The summed E-state index contributed by atoms with van der Waals surface area (Å²) in [5.41, 5.74) is 7.45. The number of aromatic nitrogens is 3. The Hall–Kier alpha value is -0.900. The van der Waals surface area contributed by atoms with Gasteiger partial charge in [-0.25, -0.2) is 0 Å². The van der Waals surface area contributed by atoms with E-state index in [0.717, 1.165) is 12.1 Å². The Bertz CT molecular complexity index is 300. The van der Waals surface area contributed by atoms with Crippen molar-refractivity contribution in [2.75, 3.05) is 0 Å². The second-order valence-electron chi connectivity index (χ2n) is 4.35. The lowest BCUT2D eigenvalue weighted by molar-refractivity contribution is 0.430. The van der Waals surface area contributed by atoms with Crippen LogP contribution in [0.15, 0.2) is 6.20 Å². The Balaban J connectivity index is 1.98. The summed E-state index contributed by atoms with van der Waals surface area (Å²) in [4.78, 5) is 0. The number of hydrogen-bond acceptors (Lipinski definition) is 3. The smallest absolute Gasteiger partial charge is 0.0842 e. The van der Waals surface area contributed by atoms with Crippen molar-refractivity contribution in [2.24, 2.45) is 18.2 Å². The van der Waals surface area contributed by atoms with Crippen LogP contribution in [0.4, 0.5) is 0 Å². The molecule has 1 aromatic heterocycles. The van der Waals surface area contributed by atoms with Crippen LogP contribution in [0.1, 0.15) is 25.5 Å². The Labute approximate surface area is 78.1 Å². The van der Waals surface area contributed by atoms with E-state index in [2.05, 4.69) is 17.2 Å². The molecule has 0 radical (unpaired) electrons. The topological polar surface area (TPSA) is 56.7 Å². The highest BCUT2D eigenvalue weighted by Crippen LogP contribution is 2.47. The SMILES string of the molecule is Cn1cc(CC(N)C2(C)CC2)nn1. The van der Waals surface area contributed by atoms with Crippen LogP contribution >= 0.6 is 0 Å². The molecule has 0 aromatic carbocycles. The van der Waals surface area contributed by atoms with E-state index < -0.39 is 0 Å². The maximum absolute atomic E-state index is 6.08. The van der Waals surface area contributed by atoms with E-state index in [9.17, 15) is 0 Å². The molecular weight excluding hydrogens is 164 g/mol. The molecule has 4 heteroatoms.